The monoisotopic (exact) mass is 367 g/mol. The number of carboxylic acids is 1. The first-order valence-corrected chi connectivity index (χ1v) is 11.1. The van der Waals surface area contributed by atoms with E-state index in [1.807, 2.05) is 21.1 Å². The van der Waals surface area contributed by atoms with E-state index in [-0.39, 0.29) is 6.04 Å². The van der Waals surface area contributed by atoms with Gasteiger partial charge >= 0.3 is 0 Å². The second kappa shape index (κ2) is 16.4. The number of likely N-dealkylation sites (N-methyl/N-ethyl adjacent to an activating group) is 1. The summed E-state index contributed by atoms with van der Waals surface area (Å²) in [5.41, 5.74) is 0. The number of nitrogens with zero attached hydrogens (tertiary/aromatic N) is 1. The minimum absolute atomic E-state index is 0.383. The van der Waals surface area contributed by atoms with Crippen LogP contribution in [0.5, 0.6) is 0 Å². The van der Waals surface area contributed by atoms with Gasteiger partial charge in [-0.15, -0.1) is 0 Å². The zero-order chi connectivity index (χ0) is 19.7. The van der Waals surface area contributed by atoms with Gasteiger partial charge in [-0.25, -0.2) is 0 Å². The first-order chi connectivity index (χ1) is 12.4. The molecule has 26 heavy (non-hydrogen) atoms. The molecule has 3 heteroatoms. The summed E-state index contributed by atoms with van der Waals surface area (Å²) >= 11 is 0. The number of carbonyl (C=O) groups excluding carboxylic acids is 1. The molecule has 0 aromatic carbocycles. The molecule has 0 aliphatic carbocycles. The molecule has 0 aliphatic rings. The van der Waals surface area contributed by atoms with Gasteiger partial charge < -0.3 is 14.4 Å². The minimum atomic E-state index is -0.912. The molecule has 0 N–H and O–H groups in total. The van der Waals surface area contributed by atoms with Crippen molar-refractivity contribution >= 4 is 5.97 Å². The van der Waals surface area contributed by atoms with E-state index in [2.05, 4.69) is 19.1 Å². The fraction of sp³-hybridized carbons (Fsp3) is 0.870. The van der Waals surface area contributed by atoms with Crippen molar-refractivity contribution in [1.29, 1.82) is 0 Å². The Bertz CT molecular complexity index is 358. The maximum absolute atomic E-state index is 11.2. The van der Waals surface area contributed by atoms with E-state index in [4.69, 9.17) is 0 Å². The molecule has 0 rings (SSSR count). The molecule has 0 heterocycles. The Hall–Kier alpha value is -0.830. The van der Waals surface area contributed by atoms with Crippen LogP contribution >= 0.6 is 0 Å². The van der Waals surface area contributed by atoms with Crippen molar-refractivity contribution < 1.29 is 14.4 Å². The van der Waals surface area contributed by atoms with Gasteiger partial charge in [0.1, 0.15) is 6.04 Å². The second-order valence-electron chi connectivity index (χ2n) is 8.68. The van der Waals surface area contributed by atoms with Crippen molar-refractivity contribution in [3.8, 4) is 0 Å². The third-order valence-electron chi connectivity index (χ3n) is 5.20. The van der Waals surface area contributed by atoms with Crippen molar-refractivity contribution in [2.24, 2.45) is 0 Å². The van der Waals surface area contributed by atoms with Crippen LogP contribution in [-0.4, -0.2) is 37.6 Å². The Balaban J connectivity index is 3.41. The normalized spacial score (nSPS) is 13.4. The van der Waals surface area contributed by atoms with Gasteiger partial charge in [0.25, 0.3) is 0 Å². The van der Waals surface area contributed by atoms with Crippen LogP contribution in [0.1, 0.15) is 103 Å². The molecule has 0 aromatic heterocycles. The van der Waals surface area contributed by atoms with Crippen LogP contribution in [0.3, 0.4) is 0 Å². The van der Waals surface area contributed by atoms with Crippen LogP contribution in [0.25, 0.3) is 0 Å². The highest BCUT2D eigenvalue weighted by Gasteiger charge is 2.24. The Morgan fingerprint density at radius 3 is 1.62 bits per heavy atom. The number of quaternary nitrogens is 1. The lowest BCUT2D eigenvalue weighted by Crippen LogP contribution is -2.54. The molecule has 0 spiro atoms. The molecule has 0 bridgehead atoms. The predicted octanol–water partition coefficient (Wildman–Crippen LogP) is 5.24. The number of rotatable bonds is 18. The molecular weight excluding hydrogens is 322 g/mol. The van der Waals surface area contributed by atoms with Crippen LogP contribution in [0.15, 0.2) is 12.2 Å². The SMILES string of the molecule is CCCCCCCC/C=C\CCCCCCCCC(C(=O)[O-])[N+](C)(C)C. The van der Waals surface area contributed by atoms with Gasteiger partial charge in [-0.2, -0.15) is 0 Å². The van der Waals surface area contributed by atoms with Gasteiger partial charge in [0, 0.05) is 6.42 Å². The van der Waals surface area contributed by atoms with Gasteiger partial charge in [-0.05, 0) is 32.1 Å². The first-order valence-electron chi connectivity index (χ1n) is 11.1. The van der Waals surface area contributed by atoms with E-state index < -0.39 is 5.97 Å². The number of carbonyl (C=O) groups is 1. The summed E-state index contributed by atoms with van der Waals surface area (Å²) in [5.74, 6) is -0.912. The average molecular weight is 368 g/mol. The standard InChI is InChI=1S/C23H45NO2/c1-5-6-7-8-9-10-11-12-13-14-15-16-17-18-19-20-21-22(23(25)26)24(2,3)4/h12-13,22H,5-11,14-21H2,1-4H3/b13-12-. The smallest absolute Gasteiger partial charge is 0.129 e. The van der Waals surface area contributed by atoms with Gasteiger partial charge in [0.05, 0.1) is 27.1 Å². The van der Waals surface area contributed by atoms with Crippen molar-refractivity contribution in [3.05, 3.63) is 12.2 Å². The van der Waals surface area contributed by atoms with Crippen LogP contribution < -0.4 is 5.11 Å². The summed E-state index contributed by atoms with van der Waals surface area (Å²) in [6.07, 6.45) is 23.4. The quantitative estimate of drug-likeness (QED) is 0.189. The second-order valence-corrected chi connectivity index (χ2v) is 8.68. The molecule has 0 saturated heterocycles. The van der Waals surface area contributed by atoms with Crippen LogP contribution in [0.2, 0.25) is 0 Å². The average Bonchev–Trinajstić information content (AvgIpc) is 2.56. The molecule has 0 radical (unpaired) electrons. The first kappa shape index (κ1) is 25.2. The molecule has 154 valence electrons. The minimum Gasteiger partial charge on any atom is -0.544 e. The van der Waals surface area contributed by atoms with Crippen LogP contribution in [0, 0.1) is 0 Å². The fourth-order valence-electron chi connectivity index (χ4n) is 3.41. The summed E-state index contributed by atoms with van der Waals surface area (Å²) in [5, 5.41) is 11.2. The van der Waals surface area contributed by atoms with E-state index in [0.717, 1.165) is 19.3 Å². The summed E-state index contributed by atoms with van der Waals surface area (Å²) in [6.45, 7) is 2.27. The third-order valence-corrected chi connectivity index (χ3v) is 5.20. The molecule has 1 unspecified atom stereocenters. The van der Waals surface area contributed by atoms with Crippen molar-refractivity contribution in [2.75, 3.05) is 21.1 Å². The fourth-order valence-corrected chi connectivity index (χ4v) is 3.41. The van der Waals surface area contributed by atoms with Gasteiger partial charge in [0.2, 0.25) is 0 Å². The Morgan fingerprint density at radius 2 is 1.19 bits per heavy atom. The number of unbranched alkanes of at least 4 members (excludes halogenated alkanes) is 12. The summed E-state index contributed by atoms with van der Waals surface area (Å²) < 4.78 is 0.452. The van der Waals surface area contributed by atoms with E-state index >= 15 is 0 Å². The molecule has 0 aliphatic heterocycles. The van der Waals surface area contributed by atoms with Gasteiger partial charge in [-0.1, -0.05) is 76.9 Å². The molecule has 0 amide bonds. The van der Waals surface area contributed by atoms with E-state index in [1.165, 1.54) is 77.0 Å². The lowest BCUT2D eigenvalue weighted by Gasteiger charge is -2.34. The molecule has 0 saturated carbocycles. The largest absolute Gasteiger partial charge is 0.544 e. The van der Waals surface area contributed by atoms with Gasteiger partial charge in [0.15, 0.2) is 0 Å². The lowest BCUT2D eigenvalue weighted by atomic mass is 10.0. The Kier molecular flexibility index (Phi) is 15.8. The van der Waals surface area contributed by atoms with Crippen molar-refractivity contribution in [2.45, 2.75) is 109 Å². The van der Waals surface area contributed by atoms with Gasteiger partial charge in [-0.3, -0.25) is 0 Å². The van der Waals surface area contributed by atoms with E-state index in [1.54, 1.807) is 0 Å². The zero-order valence-electron chi connectivity index (χ0n) is 18.1. The molecule has 0 aromatic rings. The number of allylic oxidation sites excluding steroid dienone is 2. The number of carboxylic acid groups (broad SMARTS) is 1. The highest BCUT2D eigenvalue weighted by atomic mass is 16.4. The third kappa shape index (κ3) is 15.4. The van der Waals surface area contributed by atoms with Crippen molar-refractivity contribution in [1.82, 2.24) is 0 Å². The Labute approximate surface area is 163 Å². The molecule has 0 fully saturated rings. The maximum Gasteiger partial charge on any atom is 0.129 e. The predicted molar refractivity (Wildman–Crippen MR) is 111 cm³/mol. The molecule has 3 nitrogen and oxygen atoms in total. The number of hydrogen-bond acceptors (Lipinski definition) is 2. The van der Waals surface area contributed by atoms with E-state index in [0.29, 0.717) is 4.48 Å². The highest BCUT2D eigenvalue weighted by molar-refractivity contribution is 5.69. The molecule has 1 atom stereocenters. The maximum atomic E-state index is 11.2. The summed E-state index contributed by atoms with van der Waals surface area (Å²) in [7, 11) is 5.79. The summed E-state index contributed by atoms with van der Waals surface area (Å²) in [6, 6.07) is -0.383. The molecular formula is C23H45NO2. The van der Waals surface area contributed by atoms with Crippen LogP contribution in [0.4, 0.5) is 0 Å². The zero-order valence-corrected chi connectivity index (χ0v) is 18.1. The topological polar surface area (TPSA) is 40.1 Å². The number of aliphatic carboxylic acids is 1. The number of hydrogen-bond donors (Lipinski definition) is 0. The Morgan fingerprint density at radius 1 is 0.769 bits per heavy atom. The van der Waals surface area contributed by atoms with Crippen molar-refractivity contribution in [3.63, 3.8) is 0 Å². The van der Waals surface area contributed by atoms with Crippen LogP contribution in [-0.2, 0) is 4.79 Å². The summed E-state index contributed by atoms with van der Waals surface area (Å²) in [4.78, 5) is 11.2. The van der Waals surface area contributed by atoms with E-state index in [9.17, 15) is 9.90 Å². The lowest BCUT2D eigenvalue weighted by molar-refractivity contribution is -0.889. The highest BCUT2D eigenvalue weighted by Crippen LogP contribution is 2.14.